The molecule has 3 heterocycles. The average molecular weight is 390 g/mol. The molecule has 2 saturated heterocycles. The van der Waals surface area contributed by atoms with Crippen LogP contribution in [-0.2, 0) is 4.79 Å². The van der Waals surface area contributed by atoms with E-state index in [-0.39, 0.29) is 23.3 Å². The van der Waals surface area contributed by atoms with Crippen LogP contribution in [0.15, 0.2) is 23.0 Å². The Bertz CT molecular complexity index is 653. The quantitative estimate of drug-likeness (QED) is 0.841. The van der Waals surface area contributed by atoms with Gasteiger partial charge in [0.05, 0.1) is 11.8 Å². The summed E-state index contributed by atoms with van der Waals surface area (Å²) in [5.74, 6) is 1.51. The van der Waals surface area contributed by atoms with Crippen LogP contribution in [0.4, 0.5) is 0 Å². The maximum absolute atomic E-state index is 12.7. The van der Waals surface area contributed by atoms with Gasteiger partial charge in [0, 0.05) is 44.2 Å². The maximum atomic E-state index is 12.7. The molecule has 0 bridgehead atoms. The van der Waals surface area contributed by atoms with Gasteiger partial charge in [-0.3, -0.25) is 14.5 Å². The van der Waals surface area contributed by atoms with Crippen molar-refractivity contribution >= 4 is 11.8 Å². The van der Waals surface area contributed by atoms with E-state index < -0.39 is 0 Å². The summed E-state index contributed by atoms with van der Waals surface area (Å²) < 4.78 is 5.00. The van der Waals surface area contributed by atoms with E-state index in [0.717, 1.165) is 13.1 Å². The number of rotatable bonds is 5. The number of furan rings is 1. The first-order chi connectivity index (χ1) is 13.3. The third-order valence-corrected chi connectivity index (χ3v) is 6.34. The van der Waals surface area contributed by atoms with Crippen LogP contribution in [0.25, 0.3) is 0 Å². The highest BCUT2D eigenvalue weighted by Crippen LogP contribution is 2.27. The fourth-order valence-corrected chi connectivity index (χ4v) is 4.63. The van der Waals surface area contributed by atoms with Gasteiger partial charge in [-0.05, 0) is 51.0 Å². The molecule has 1 aromatic heterocycles. The fourth-order valence-electron chi connectivity index (χ4n) is 4.63. The molecule has 2 fully saturated rings. The number of nitrogens with one attached hydrogen (secondary N) is 1. The van der Waals surface area contributed by atoms with Crippen LogP contribution < -0.4 is 5.32 Å². The molecule has 0 saturated carbocycles. The number of likely N-dealkylation sites (tertiary alicyclic amines) is 2. The zero-order valence-electron chi connectivity index (χ0n) is 17.7. The molecule has 156 valence electrons. The van der Waals surface area contributed by atoms with Gasteiger partial charge in [-0.1, -0.05) is 13.8 Å². The number of amides is 2. The van der Waals surface area contributed by atoms with Gasteiger partial charge in [-0.15, -0.1) is 0 Å². The molecular formula is C22H35N3O3. The molecule has 2 aliphatic heterocycles. The van der Waals surface area contributed by atoms with Crippen molar-refractivity contribution in [2.75, 3.05) is 32.7 Å². The normalized spacial score (nSPS) is 24.9. The van der Waals surface area contributed by atoms with E-state index in [0.29, 0.717) is 49.9 Å². The zero-order valence-corrected chi connectivity index (χ0v) is 17.7. The van der Waals surface area contributed by atoms with Gasteiger partial charge < -0.3 is 14.6 Å². The highest BCUT2D eigenvalue weighted by molar-refractivity contribution is 5.94. The molecule has 0 aliphatic carbocycles. The van der Waals surface area contributed by atoms with Crippen LogP contribution in [0.2, 0.25) is 0 Å². The number of hydrogen-bond donors (Lipinski definition) is 1. The van der Waals surface area contributed by atoms with Crippen molar-refractivity contribution in [1.82, 2.24) is 15.1 Å². The number of nitrogens with zero attached hydrogens (tertiary/aromatic N) is 2. The summed E-state index contributed by atoms with van der Waals surface area (Å²) >= 11 is 0. The van der Waals surface area contributed by atoms with Crippen LogP contribution >= 0.6 is 0 Å². The van der Waals surface area contributed by atoms with Crippen molar-refractivity contribution in [2.24, 2.45) is 17.8 Å². The molecule has 6 nitrogen and oxygen atoms in total. The van der Waals surface area contributed by atoms with Crippen LogP contribution in [0.5, 0.6) is 0 Å². The second-order valence-corrected chi connectivity index (χ2v) is 9.46. The van der Waals surface area contributed by atoms with Gasteiger partial charge >= 0.3 is 0 Å². The van der Waals surface area contributed by atoms with Gasteiger partial charge in [0.25, 0.3) is 5.91 Å². The third kappa shape index (κ3) is 4.96. The summed E-state index contributed by atoms with van der Waals surface area (Å²) in [4.78, 5) is 29.4. The number of carbonyl (C=O) groups excluding carboxylic acids is 2. The molecule has 2 unspecified atom stereocenters. The van der Waals surface area contributed by atoms with Crippen molar-refractivity contribution in [3.05, 3.63) is 24.2 Å². The number of hydrogen-bond acceptors (Lipinski definition) is 4. The van der Waals surface area contributed by atoms with Crippen LogP contribution in [0, 0.1) is 17.8 Å². The Morgan fingerprint density at radius 1 is 1.18 bits per heavy atom. The average Bonchev–Trinajstić information content (AvgIpc) is 3.20. The number of carbonyl (C=O) groups is 2. The second kappa shape index (κ2) is 8.68. The van der Waals surface area contributed by atoms with Crippen LogP contribution in [0.3, 0.4) is 0 Å². The SMILES string of the molecule is CC1CC(C)CN(C(C)(C)CNC(=O)C2CCN(C(=O)c3ccoc3)CC2)C1. The van der Waals surface area contributed by atoms with Crippen LogP contribution in [0.1, 0.15) is 57.3 Å². The Hall–Kier alpha value is -1.82. The Kier molecular flexibility index (Phi) is 6.48. The van der Waals surface area contributed by atoms with E-state index >= 15 is 0 Å². The van der Waals surface area contributed by atoms with Gasteiger partial charge in [0.2, 0.25) is 5.91 Å². The predicted octanol–water partition coefficient (Wildman–Crippen LogP) is 3.00. The number of piperidine rings is 2. The first-order valence-corrected chi connectivity index (χ1v) is 10.6. The smallest absolute Gasteiger partial charge is 0.257 e. The van der Waals surface area contributed by atoms with E-state index in [1.165, 1.54) is 18.9 Å². The molecule has 2 atom stereocenters. The van der Waals surface area contributed by atoms with Gasteiger partial charge in [-0.25, -0.2) is 0 Å². The van der Waals surface area contributed by atoms with Crippen molar-refractivity contribution in [3.8, 4) is 0 Å². The van der Waals surface area contributed by atoms with Crippen molar-refractivity contribution in [2.45, 2.75) is 52.5 Å². The molecule has 0 spiro atoms. The Balaban J connectivity index is 1.46. The lowest BCUT2D eigenvalue weighted by molar-refractivity contribution is -0.127. The highest BCUT2D eigenvalue weighted by atomic mass is 16.3. The van der Waals surface area contributed by atoms with Crippen molar-refractivity contribution in [3.63, 3.8) is 0 Å². The summed E-state index contributed by atoms with van der Waals surface area (Å²) in [6, 6.07) is 1.69. The van der Waals surface area contributed by atoms with E-state index in [1.807, 2.05) is 4.90 Å². The third-order valence-electron chi connectivity index (χ3n) is 6.34. The first-order valence-electron chi connectivity index (χ1n) is 10.6. The molecule has 0 radical (unpaired) electrons. The molecular weight excluding hydrogens is 354 g/mol. The fraction of sp³-hybridized carbons (Fsp3) is 0.727. The minimum atomic E-state index is -0.0451. The molecule has 3 rings (SSSR count). The lowest BCUT2D eigenvalue weighted by Gasteiger charge is -2.45. The molecule has 0 aromatic carbocycles. The Morgan fingerprint density at radius 2 is 1.82 bits per heavy atom. The Morgan fingerprint density at radius 3 is 2.39 bits per heavy atom. The molecule has 28 heavy (non-hydrogen) atoms. The molecule has 6 heteroatoms. The Labute approximate surface area is 168 Å². The molecule has 2 aliphatic rings. The minimum absolute atomic E-state index is 0.0107. The largest absolute Gasteiger partial charge is 0.472 e. The summed E-state index contributed by atoms with van der Waals surface area (Å²) in [6.45, 7) is 13.2. The van der Waals surface area contributed by atoms with Crippen molar-refractivity contribution < 1.29 is 14.0 Å². The van der Waals surface area contributed by atoms with E-state index in [2.05, 4.69) is 37.9 Å². The molecule has 1 N–H and O–H groups in total. The highest BCUT2D eigenvalue weighted by Gasteiger charge is 2.34. The van der Waals surface area contributed by atoms with E-state index in [1.54, 1.807) is 6.07 Å². The molecule has 2 amide bonds. The van der Waals surface area contributed by atoms with Crippen LogP contribution in [-0.4, -0.2) is 59.9 Å². The zero-order chi connectivity index (χ0) is 20.3. The minimum Gasteiger partial charge on any atom is -0.472 e. The lowest BCUT2D eigenvalue weighted by Crippen LogP contribution is -2.56. The monoisotopic (exact) mass is 389 g/mol. The summed E-state index contributed by atoms with van der Waals surface area (Å²) in [5, 5.41) is 3.19. The van der Waals surface area contributed by atoms with Gasteiger partial charge in [-0.2, -0.15) is 0 Å². The summed E-state index contributed by atoms with van der Waals surface area (Å²) in [5.41, 5.74) is 0.533. The van der Waals surface area contributed by atoms with Gasteiger partial charge in [0.1, 0.15) is 6.26 Å². The van der Waals surface area contributed by atoms with E-state index in [9.17, 15) is 9.59 Å². The first kappa shape index (κ1) is 20.9. The maximum Gasteiger partial charge on any atom is 0.257 e. The lowest BCUT2D eigenvalue weighted by atomic mass is 9.87. The van der Waals surface area contributed by atoms with Gasteiger partial charge in [0.15, 0.2) is 0 Å². The summed E-state index contributed by atoms with van der Waals surface area (Å²) in [6.07, 6.45) is 5.71. The topological polar surface area (TPSA) is 65.8 Å². The van der Waals surface area contributed by atoms with E-state index in [4.69, 9.17) is 4.42 Å². The predicted molar refractivity (Wildman–Crippen MR) is 109 cm³/mol. The second-order valence-electron chi connectivity index (χ2n) is 9.46. The van der Waals surface area contributed by atoms with Crippen molar-refractivity contribution in [1.29, 1.82) is 0 Å². The standard InChI is InChI=1S/C22H35N3O3/c1-16-11-17(2)13-25(12-16)22(3,4)15-23-20(26)18-5-8-24(9-6-18)21(27)19-7-10-28-14-19/h7,10,14,16-18H,5-6,8-9,11-13,15H2,1-4H3,(H,23,26). The molecule has 1 aromatic rings. The summed E-state index contributed by atoms with van der Waals surface area (Å²) in [7, 11) is 0.